The number of benzene rings is 2. The number of rotatable bonds is 10. The van der Waals surface area contributed by atoms with Crippen LogP contribution in [0.4, 0.5) is 23.0 Å². The Labute approximate surface area is 235 Å². The van der Waals surface area contributed by atoms with E-state index in [0.29, 0.717) is 39.8 Å². The predicted octanol–water partition coefficient (Wildman–Crippen LogP) is 3.62. The highest BCUT2D eigenvalue weighted by atomic mass is 32.2. The third-order valence-corrected chi connectivity index (χ3v) is 9.00. The van der Waals surface area contributed by atoms with Crippen LogP contribution in [0.25, 0.3) is 22.2 Å². The average Bonchev–Trinajstić information content (AvgIpc) is 3.60. The highest BCUT2D eigenvalue weighted by Gasteiger charge is 2.22. The van der Waals surface area contributed by atoms with E-state index in [9.17, 15) is 8.42 Å². The number of likely N-dealkylation sites (N-methyl/N-ethyl adjacent to an activating group) is 1. The van der Waals surface area contributed by atoms with E-state index < -0.39 is 10.2 Å². The van der Waals surface area contributed by atoms with Gasteiger partial charge < -0.3 is 25.6 Å². The van der Waals surface area contributed by atoms with Crippen LogP contribution < -0.4 is 20.7 Å². The molecule has 0 unspecified atom stereocenters. The van der Waals surface area contributed by atoms with Crippen LogP contribution in [0.5, 0.6) is 5.75 Å². The third kappa shape index (κ3) is 5.42. The van der Waals surface area contributed by atoms with Gasteiger partial charge in [-0.1, -0.05) is 18.2 Å². The smallest absolute Gasteiger partial charge is 0.307 e. The summed E-state index contributed by atoms with van der Waals surface area (Å²) in [5.74, 6) is 0.942. The van der Waals surface area contributed by atoms with Crippen molar-refractivity contribution in [1.29, 1.82) is 0 Å². The number of hydrogen-bond acceptors (Lipinski definition) is 9. The molecule has 212 valence electrons. The quantitative estimate of drug-likeness (QED) is 0.278. The molecular weight excluding hydrogens is 528 g/mol. The lowest BCUT2D eigenvalue weighted by Gasteiger charge is -2.25. The zero-order valence-corrected chi connectivity index (χ0v) is 24.1. The summed E-state index contributed by atoms with van der Waals surface area (Å²) in [4.78, 5) is 13.7. The topological polar surface area (TPSA) is 122 Å². The van der Waals surface area contributed by atoms with Crippen LogP contribution in [-0.4, -0.2) is 86.0 Å². The third-order valence-electron chi connectivity index (χ3n) is 7.28. The first-order chi connectivity index (χ1) is 19.2. The maximum Gasteiger partial charge on any atom is 0.307 e. The molecule has 40 heavy (non-hydrogen) atoms. The number of para-hydroxylation sites is 1. The van der Waals surface area contributed by atoms with Gasteiger partial charge in [-0.15, -0.1) is 0 Å². The summed E-state index contributed by atoms with van der Waals surface area (Å²) in [5, 5.41) is 4.00. The van der Waals surface area contributed by atoms with Gasteiger partial charge in [0.2, 0.25) is 5.95 Å². The van der Waals surface area contributed by atoms with E-state index in [1.165, 1.54) is 35.2 Å². The van der Waals surface area contributed by atoms with E-state index in [4.69, 9.17) is 15.5 Å². The molecule has 1 saturated heterocycles. The molecule has 5 rings (SSSR count). The van der Waals surface area contributed by atoms with Crippen molar-refractivity contribution in [1.82, 2.24) is 23.1 Å². The summed E-state index contributed by atoms with van der Waals surface area (Å²) in [6, 6.07) is 12.8. The first-order valence-corrected chi connectivity index (χ1v) is 14.6. The predicted molar refractivity (Wildman–Crippen MR) is 161 cm³/mol. The lowest BCUT2D eigenvalue weighted by atomic mass is 10.1. The van der Waals surface area contributed by atoms with Gasteiger partial charge in [0.25, 0.3) is 0 Å². The van der Waals surface area contributed by atoms with E-state index in [1.54, 1.807) is 31.6 Å². The zero-order chi connectivity index (χ0) is 28.4. The molecule has 1 aliphatic heterocycles. The lowest BCUT2D eigenvalue weighted by Crippen LogP contribution is -2.31. The highest BCUT2D eigenvalue weighted by molar-refractivity contribution is 7.87. The Morgan fingerprint density at radius 1 is 1.10 bits per heavy atom. The number of nitrogens with zero attached hydrogens (tertiary/aromatic N) is 6. The molecule has 0 saturated carbocycles. The first-order valence-electron chi connectivity index (χ1n) is 13.2. The second kappa shape index (κ2) is 11.3. The first kappa shape index (κ1) is 27.7. The van der Waals surface area contributed by atoms with Gasteiger partial charge in [-0.05, 0) is 44.1 Å². The van der Waals surface area contributed by atoms with Crippen molar-refractivity contribution in [3.05, 3.63) is 54.9 Å². The second-order valence-electron chi connectivity index (χ2n) is 10.1. The molecule has 3 heterocycles. The SMILES string of the molecule is COc1cc(N(C)CCN2CCCC2)c(N)cc1Nc1nccc(-c2cn(S(=O)(=O)N(C)C)c3ccccc23)n1. The van der Waals surface area contributed by atoms with Crippen molar-refractivity contribution in [3.8, 4) is 17.0 Å². The molecular formula is C28H36N8O3S. The minimum absolute atomic E-state index is 0.331. The fourth-order valence-electron chi connectivity index (χ4n) is 5.01. The standard InChI is InChI=1S/C28H36N8O3S/c1-33(2)40(37,38)36-19-21(20-9-5-6-10-25(20)36)23-11-12-30-28(31-23)32-24-17-22(29)26(18-27(24)39-4)34(3)15-16-35-13-7-8-14-35/h5-6,9-12,17-19H,7-8,13-16,29H2,1-4H3,(H,30,31,32). The van der Waals surface area contributed by atoms with Crippen molar-refractivity contribution in [2.45, 2.75) is 12.8 Å². The van der Waals surface area contributed by atoms with Gasteiger partial charge in [0.15, 0.2) is 0 Å². The maximum absolute atomic E-state index is 13.0. The number of nitrogen functional groups attached to an aromatic ring is 1. The van der Waals surface area contributed by atoms with Gasteiger partial charge in [-0.3, -0.25) is 0 Å². The van der Waals surface area contributed by atoms with E-state index in [1.807, 2.05) is 37.4 Å². The molecule has 0 radical (unpaired) electrons. The number of fused-ring (bicyclic) bond motifs is 1. The van der Waals surface area contributed by atoms with Crippen LogP contribution in [-0.2, 0) is 10.2 Å². The van der Waals surface area contributed by atoms with Gasteiger partial charge in [0.1, 0.15) is 5.75 Å². The number of likely N-dealkylation sites (tertiary alicyclic amines) is 1. The second-order valence-corrected chi connectivity index (χ2v) is 12.1. The van der Waals surface area contributed by atoms with Crippen molar-refractivity contribution >= 4 is 44.1 Å². The molecule has 12 heteroatoms. The maximum atomic E-state index is 13.0. The minimum Gasteiger partial charge on any atom is -0.494 e. The van der Waals surface area contributed by atoms with Gasteiger partial charge in [0.05, 0.1) is 35.4 Å². The summed E-state index contributed by atoms with van der Waals surface area (Å²) in [6.45, 7) is 4.16. The molecule has 0 bridgehead atoms. The number of nitrogens with two attached hydrogens (primary N) is 1. The Kier molecular flexibility index (Phi) is 7.83. The molecule has 4 aromatic rings. The molecule has 2 aromatic carbocycles. The number of methoxy groups -OCH3 is 1. The van der Waals surface area contributed by atoms with Crippen LogP contribution in [0.2, 0.25) is 0 Å². The van der Waals surface area contributed by atoms with Crippen molar-refractivity contribution in [2.24, 2.45) is 0 Å². The van der Waals surface area contributed by atoms with E-state index in [2.05, 4.69) is 20.1 Å². The number of ether oxygens (including phenoxy) is 1. The van der Waals surface area contributed by atoms with Crippen molar-refractivity contribution in [2.75, 3.05) is 70.4 Å². The Morgan fingerprint density at radius 2 is 1.85 bits per heavy atom. The van der Waals surface area contributed by atoms with Crippen LogP contribution >= 0.6 is 0 Å². The molecule has 1 fully saturated rings. The zero-order valence-electron chi connectivity index (χ0n) is 23.3. The van der Waals surface area contributed by atoms with Crippen molar-refractivity contribution < 1.29 is 13.2 Å². The fraction of sp³-hybridized carbons (Fsp3) is 0.357. The Hall–Kier alpha value is -3.87. The monoisotopic (exact) mass is 564 g/mol. The molecule has 1 aliphatic rings. The van der Waals surface area contributed by atoms with Crippen LogP contribution in [0.1, 0.15) is 12.8 Å². The van der Waals surface area contributed by atoms with E-state index in [-0.39, 0.29) is 0 Å². The molecule has 0 atom stereocenters. The average molecular weight is 565 g/mol. The molecule has 0 spiro atoms. The normalized spacial score (nSPS) is 14.2. The van der Waals surface area contributed by atoms with Crippen LogP contribution in [0.3, 0.4) is 0 Å². The highest BCUT2D eigenvalue weighted by Crippen LogP contribution is 2.37. The number of aromatic nitrogens is 3. The summed E-state index contributed by atoms with van der Waals surface area (Å²) in [7, 11) is 2.93. The summed E-state index contributed by atoms with van der Waals surface area (Å²) in [6.07, 6.45) is 5.76. The molecule has 2 aromatic heterocycles. The van der Waals surface area contributed by atoms with Gasteiger partial charge in [-0.2, -0.15) is 12.7 Å². The minimum atomic E-state index is -3.73. The summed E-state index contributed by atoms with van der Waals surface area (Å²) in [5.41, 5.74) is 10.4. The summed E-state index contributed by atoms with van der Waals surface area (Å²) >= 11 is 0. The van der Waals surface area contributed by atoms with E-state index >= 15 is 0 Å². The number of anilines is 4. The van der Waals surface area contributed by atoms with Crippen LogP contribution in [0.15, 0.2) is 54.9 Å². The van der Waals surface area contributed by atoms with Gasteiger partial charge in [0, 0.05) is 63.6 Å². The molecule has 0 amide bonds. The largest absolute Gasteiger partial charge is 0.494 e. The summed E-state index contributed by atoms with van der Waals surface area (Å²) < 4.78 is 34.1. The van der Waals surface area contributed by atoms with E-state index in [0.717, 1.165) is 37.3 Å². The Bertz CT molecular complexity index is 1610. The van der Waals surface area contributed by atoms with Crippen molar-refractivity contribution in [3.63, 3.8) is 0 Å². The number of nitrogens with one attached hydrogen (secondary N) is 1. The molecule has 11 nitrogen and oxygen atoms in total. The van der Waals surface area contributed by atoms with Crippen LogP contribution in [0, 0.1) is 0 Å². The lowest BCUT2D eigenvalue weighted by molar-refractivity contribution is 0.346. The number of hydrogen-bond donors (Lipinski definition) is 2. The Morgan fingerprint density at radius 3 is 2.58 bits per heavy atom. The molecule has 0 aliphatic carbocycles. The van der Waals surface area contributed by atoms with Gasteiger partial charge in [-0.25, -0.2) is 13.9 Å². The van der Waals surface area contributed by atoms with Gasteiger partial charge >= 0.3 is 10.2 Å². The molecule has 3 N–H and O–H groups in total. The fourth-order valence-corrected chi connectivity index (χ4v) is 6.01. The Balaban J connectivity index is 1.43.